The largest absolute Gasteiger partial charge is 0.356 e. The van der Waals surface area contributed by atoms with Crippen LogP contribution >= 0.6 is 0 Å². The second-order valence-corrected chi connectivity index (χ2v) is 6.15. The molecular weight excluding hydrogens is 315 g/mol. The van der Waals surface area contributed by atoms with Gasteiger partial charge in [-0.05, 0) is 43.8 Å². The molecule has 2 rings (SSSR count). The lowest BCUT2D eigenvalue weighted by Gasteiger charge is -2.26. The Morgan fingerprint density at radius 2 is 1.72 bits per heavy atom. The predicted octanol–water partition coefficient (Wildman–Crippen LogP) is 2.84. The average molecular weight is 342 g/mol. The van der Waals surface area contributed by atoms with Gasteiger partial charge in [0.1, 0.15) is 5.82 Å². The topological polar surface area (TPSA) is 39.7 Å². The molecule has 4 nitrogen and oxygen atoms in total. The fraction of sp³-hybridized carbons (Fsp3) is 0.350. The molecule has 0 aliphatic heterocycles. The van der Waals surface area contributed by atoms with Crippen molar-refractivity contribution in [2.45, 2.75) is 12.5 Å². The zero-order valence-corrected chi connectivity index (χ0v) is 15.2. The fourth-order valence-corrected chi connectivity index (χ4v) is 2.67. The molecule has 0 fully saturated rings. The van der Waals surface area contributed by atoms with Crippen LogP contribution in [-0.4, -0.2) is 45.1 Å². The van der Waals surface area contributed by atoms with Crippen LogP contribution in [-0.2, 0) is 6.42 Å². The van der Waals surface area contributed by atoms with Crippen LogP contribution in [0.4, 0.5) is 4.39 Å². The molecular formula is C20H27FN4. The summed E-state index contributed by atoms with van der Waals surface area (Å²) in [6.07, 6.45) is 0.941. The van der Waals surface area contributed by atoms with E-state index in [9.17, 15) is 4.39 Å². The molecule has 0 bridgehead atoms. The van der Waals surface area contributed by atoms with Crippen LogP contribution in [0.1, 0.15) is 17.2 Å². The van der Waals surface area contributed by atoms with E-state index in [1.807, 2.05) is 44.4 Å². The summed E-state index contributed by atoms with van der Waals surface area (Å²) in [5.74, 6) is 0.553. The molecule has 0 saturated carbocycles. The van der Waals surface area contributed by atoms with E-state index >= 15 is 0 Å². The Hall–Kier alpha value is -2.40. The van der Waals surface area contributed by atoms with Crippen LogP contribution in [0.25, 0.3) is 0 Å². The number of nitrogens with zero attached hydrogens (tertiary/aromatic N) is 2. The summed E-state index contributed by atoms with van der Waals surface area (Å²) in [6.45, 7) is 1.50. The summed E-state index contributed by atoms with van der Waals surface area (Å²) in [7, 11) is 5.79. The summed E-state index contributed by atoms with van der Waals surface area (Å²) >= 11 is 0. The third-order valence-corrected chi connectivity index (χ3v) is 4.11. The van der Waals surface area contributed by atoms with E-state index in [0.717, 1.165) is 24.5 Å². The van der Waals surface area contributed by atoms with Crippen molar-refractivity contribution in [1.82, 2.24) is 15.5 Å². The highest BCUT2D eigenvalue weighted by Gasteiger charge is 2.14. The first-order valence-corrected chi connectivity index (χ1v) is 8.50. The second-order valence-electron chi connectivity index (χ2n) is 6.15. The molecule has 0 spiro atoms. The molecule has 2 aromatic rings. The van der Waals surface area contributed by atoms with Crippen molar-refractivity contribution in [3.63, 3.8) is 0 Å². The number of nitrogens with one attached hydrogen (secondary N) is 2. The van der Waals surface area contributed by atoms with Gasteiger partial charge in [-0.3, -0.25) is 4.99 Å². The predicted molar refractivity (Wildman–Crippen MR) is 102 cm³/mol. The second kappa shape index (κ2) is 9.79. The molecule has 0 saturated heterocycles. The van der Waals surface area contributed by atoms with Gasteiger partial charge in [0.25, 0.3) is 0 Å². The van der Waals surface area contributed by atoms with Crippen LogP contribution in [0.5, 0.6) is 0 Å². The molecule has 0 aliphatic rings. The number of benzene rings is 2. The normalized spacial score (nSPS) is 12.9. The summed E-state index contributed by atoms with van der Waals surface area (Å²) < 4.78 is 13.1. The van der Waals surface area contributed by atoms with Gasteiger partial charge in [-0.25, -0.2) is 4.39 Å². The quantitative estimate of drug-likeness (QED) is 0.600. The molecule has 5 heteroatoms. The Morgan fingerprint density at radius 1 is 1.04 bits per heavy atom. The first-order chi connectivity index (χ1) is 12.1. The molecule has 2 N–H and O–H groups in total. The molecule has 0 amide bonds. The highest BCUT2D eigenvalue weighted by Crippen LogP contribution is 2.17. The Morgan fingerprint density at radius 3 is 2.32 bits per heavy atom. The van der Waals surface area contributed by atoms with Crippen molar-refractivity contribution < 1.29 is 4.39 Å². The average Bonchev–Trinajstić information content (AvgIpc) is 2.62. The third kappa shape index (κ3) is 6.19. The molecule has 1 unspecified atom stereocenters. The van der Waals surface area contributed by atoms with Crippen molar-refractivity contribution in [2.75, 3.05) is 34.2 Å². The van der Waals surface area contributed by atoms with Gasteiger partial charge in [0.2, 0.25) is 0 Å². The van der Waals surface area contributed by atoms with Crippen LogP contribution in [0.2, 0.25) is 0 Å². The molecule has 25 heavy (non-hydrogen) atoms. The van der Waals surface area contributed by atoms with E-state index in [2.05, 4.69) is 32.7 Å². The van der Waals surface area contributed by atoms with Crippen molar-refractivity contribution >= 4 is 5.96 Å². The minimum Gasteiger partial charge on any atom is -0.356 e. The molecule has 0 heterocycles. The zero-order chi connectivity index (χ0) is 18.1. The molecule has 134 valence electrons. The van der Waals surface area contributed by atoms with Gasteiger partial charge in [0.15, 0.2) is 5.96 Å². The van der Waals surface area contributed by atoms with Gasteiger partial charge < -0.3 is 15.5 Å². The monoisotopic (exact) mass is 342 g/mol. The van der Waals surface area contributed by atoms with E-state index in [1.165, 1.54) is 17.7 Å². The minimum absolute atomic E-state index is 0.133. The standard InChI is InChI=1S/C20H27FN4/c1-22-20(23-14-13-16-7-5-4-6-8-16)24-15-19(25(2)3)17-9-11-18(21)12-10-17/h4-12,19H,13-15H2,1-3H3,(H2,22,23,24). The molecule has 2 aromatic carbocycles. The zero-order valence-electron chi connectivity index (χ0n) is 15.2. The summed E-state index contributed by atoms with van der Waals surface area (Å²) in [4.78, 5) is 6.38. The Labute approximate surface area is 149 Å². The smallest absolute Gasteiger partial charge is 0.191 e. The fourth-order valence-electron chi connectivity index (χ4n) is 2.67. The minimum atomic E-state index is -0.215. The van der Waals surface area contributed by atoms with E-state index in [4.69, 9.17) is 0 Å². The number of rotatable bonds is 7. The van der Waals surface area contributed by atoms with Gasteiger partial charge in [0.05, 0.1) is 6.04 Å². The van der Waals surface area contributed by atoms with Gasteiger partial charge >= 0.3 is 0 Å². The van der Waals surface area contributed by atoms with Gasteiger partial charge in [-0.15, -0.1) is 0 Å². The Bertz CT molecular complexity index is 653. The molecule has 0 aromatic heterocycles. The SMILES string of the molecule is CN=C(NCCc1ccccc1)NCC(c1ccc(F)cc1)N(C)C. The van der Waals surface area contributed by atoms with Crippen LogP contribution in [0.3, 0.4) is 0 Å². The van der Waals surface area contributed by atoms with Crippen molar-refractivity contribution in [3.05, 3.63) is 71.5 Å². The van der Waals surface area contributed by atoms with Gasteiger partial charge in [-0.1, -0.05) is 42.5 Å². The number of aliphatic imine (C=N–C) groups is 1. The maximum atomic E-state index is 13.1. The van der Waals surface area contributed by atoms with E-state index in [1.54, 1.807) is 7.05 Å². The van der Waals surface area contributed by atoms with Crippen molar-refractivity contribution in [2.24, 2.45) is 4.99 Å². The molecule has 0 aliphatic carbocycles. The number of likely N-dealkylation sites (N-methyl/N-ethyl adjacent to an activating group) is 1. The van der Waals surface area contributed by atoms with Crippen molar-refractivity contribution in [1.29, 1.82) is 0 Å². The number of hydrogen-bond donors (Lipinski definition) is 2. The molecule has 0 radical (unpaired) electrons. The highest BCUT2D eigenvalue weighted by molar-refractivity contribution is 5.79. The van der Waals surface area contributed by atoms with E-state index in [0.29, 0.717) is 6.54 Å². The Kier molecular flexibility index (Phi) is 7.41. The van der Waals surface area contributed by atoms with Crippen molar-refractivity contribution in [3.8, 4) is 0 Å². The van der Waals surface area contributed by atoms with Gasteiger partial charge in [0, 0.05) is 20.1 Å². The maximum absolute atomic E-state index is 13.1. The number of hydrogen-bond acceptors (Lipinski definition) is 2. The maximum Gasteiger partial charge on any atom is 0.191 e. The highest BCUT2D eigenvalue weighted by atomic mass is 19.1. The first-order valence-electron chi connectivity index (χ1n) is 8.50. The molecule has 1 atom stereocenters. The lowest BCUT2D eigenvalue weighted by molar-refractivity contribution is 0.298. The Balaban J connectivity index is 1.86. The van der Waals surface area contributed by atoms with Crippen LogP contribution in [0, 0.1) is 5.82 Å². The number of halogens is 1. The summed E-state index contributed by atoms with van der Waals surface area (Å²) in [6, 6.07) is 17.1. The summed E-state index contributed by atoms with van der Waals surface area (Å²) in [5, 5.41) is 6.69. The first kappa shape index (κ1) is 18.9. The number of guanidine groups is 1. The van der Waals surface area contributed by atoms with E-state index in [-0.39, 0.29) is 11.9 Å². The van der Waals surface area contributed by atoms with Crippen LogP contribution < -0.4 is 10.6 Å². The summed E-state index contributed by atoms with van der Waals surface area (Å²) in [5.41, 5.74) is 2.36. The van der Waals surface area contributed by atoms with Crippen LogP contribution in [0.15, 0.2) is 59.6 Å². The van der Waals surface area contributed by atoms with E-state index < -0.39 is 0 Å². The van der Waals surface area contributed by atoms with Gasteiger partial charge in [-0.2, -0.15) is 0 Å². The third-order valence-electron chi connectivity index (χ3n) is 4.11. The lowest BCUT2D eigenvalue weighted by atomic mass is 10.1. The lowest BCUT2D eigenvalue weighted by Crippen LogP contribution is -2.42.